The van der Waals surface area contributed by atoms with Crippen LogP contribution < -0.4 is 0 Å². The van der Waals surface area contributed by atoms with Gasteiger partial charge in [-0.15, -0.1) is 0 Å². The predicted molar refractivity (Wildman–Crippen MR) is 119 cm³/mol. The zero-order valence-corrected chi connectivity index (χ0v) is 17.2. The molecule has 3 aromatic rings. The third-order valence-corrected chi connectivity index (χ3v) is 6.28. The number of halogens is 1. The van der Waals surface area contributed by atoms with Gasteiger partial charge in [-0.25, -0.2) is 4.39 Å². The van der Waals surface area contributed by atoms with E-state index in [0.717, 1.165) is 34.9 Å². The van der Waals surface area contributed by atoms with Gasteiger partial charge in [-0.3, -0.25) is 14.7 Å². The third kappa shape index (κ3) is 4.16. The van der Waals surface area contributed by atoms with Crippen LogP contribution in [0.4, 0.5) is 4.39 Å². The molecular formula is C26H25FN2O2. The Morgan fingerprint density at radius 3 is 2.71 bits per heavy atom. The summed E-state index contributed by atoms with van der Waals surface area (Å²) in [6.07, 6.45) is 5.44. The van der Waals surface area contributed by atoms with Crippen LogP contribution in [-0.2, 0) is 4.79 Å². The van der Waals surface area contributed by atoms with Crippen LogP contribution in [0.15, 0.2) is 66.4 Å². The fourth-order valence-corrected chi connectivity index (χ4v) is 4.45. The Balaban J connectivity index is 1.47. The number of fused-ring (bicyclic) bond motifs is 1. The number of pyridine rings is 1. The van der Waals surface area contributed by atoms with Gasteiger partial charge in [-0.1, -0.05) is 42.5 Å². The van der Waals surface area contributed by atoms with Gasteiger partial charge in [-0.05, 0) is 48.6 Å². The van der Waals surface area contributed by atoms with Crippen LogP contribution in [-0.4, -0.2) is 40.0 Å². The van der Waals surface area contributed by atoms with E-state index >= 15 is 0 Å². The van der Waals surface area contributed by atoms with Crippen molar-refractivity contribution < 1.29 is 14.3 Å². The first-order chi connectivity index (χ1) is 15.1. The molecule has 2 atom stereocenters. The van der Waals surface area contributed by atoms with Crippen molar-refractivity contribution in [2.45, 2.75) is 31.4 Å². The number of benzene rings is 2. The molecule has 1 saturated heterocycles. The van der Waals surface area contributed by atoms with Gasteiger partial charge in [0.05, 0.1) is 17.7 Å². The Bertz CT molecular complexity index is 1150. The molecule has 0 spiro atoms. The van der Waals surface area contributed by atoms with Crippen molar-refractivity contribution in [3.8, 4) is 0 Å². The van der Waals surface area contributed by atoms with Crippen LogP contribution in [0, 0.1) is 11.7 Å². The molecule has 0 radical (unpaired) electrons. The van der Waals surface area contributed by atoms with Gasteiger partial charge in [0.1, 0.15) is 5.82 Å². The summed E-state index contributed by atoms with van der Waals surface area (Å²) in [5.74, 6) is -0.237. The molecule has 2 heterocycles. The van der Waals surface area contributed by atoms with E-state index in [1.807, 2.05) is 41.3 Å². The first kappa shape index (κ1) is 20.0. The number of piperidine rings is 1. The largest absolute Gasteiger partial charge is 0.389 e. The molecular weight excluding hydrogens is 391 g/mol. The number of nitrogens with zero attached hydrogens (tertiary/aromatic N) is 2. The highest BCUT2D eigenvalue weighted by Gasteiger charge is 2.41. The van der Waals surface area contributed by atoms with E-state index in [9.17, 15) is 14.3 Å². The van der Waals surface area contributed by atoms with Crippen molar-refractivity contribution in [3.05, 3.63) is 83.3 Å². The van der Waals surface area contributed by atoms with Crippen molar-refractivity contribution >= 4 is 22.8 Å². The minimum atomic E-state index is -0.612. The van der Waals surface area contributed by atoms with E-state index in [1.54, 1.807) is 24.4 Å². The normalized spacial score (nSPS) is 22.0. The van der Waals surface area contributed by atoms with E-state index in [1.165, 1.54) is 6.07 Å². The fourth-order valence-electron chi connectivity index (χ4n) is 4.45. The van der Waals surface area contributed by atoms with Gasteiger partial charge in [-0.2, -0.15) is 0 Å². The molecule has 2 aliphatic rings. The molecule has 2 fully saturated rings. The maximum absolute atomic E-state index is 14.7. The van der Waals surface area contributed by atoms with Crippen LogP contribution in [0.2, 0.25) is 0 Å². The van der Waals surface area contributed by atoms with E-state index in [2.05, 4.69) is 4.98 Å². The van der Waals surface area contributed by atoms with E-state index in [-0.39, 0.29) is 17.5 Å². The number of carbonyl (C=O) groups excluding carboxylic acids is 1. The average molecular weight is 416 g/mol. The monoisotopic (exact) mass is 416 g/mol. The van der Waals surface area contributed by atoms with Crippen LogP contribution in [0.25, 0.3) is 17.0 Å². The summed E-state index contributed by atoms with van der Waals surface area (Å²) >= 11 is 0. The van der Waals surface area contributed by atoms with E-state index in [4.69, 9.17) is 0 Å². The van der Waals surface area contributed by atoms with E-state index in [0.29, 0.717) is 25.1 Å². The minimum Gasteiger partial charge on any atom is -0.389 e. The Morgan fingerprint density at radius 2 is 1.90 bits per heavy atom. The van der Waals surface area contributed by atoms with Crippen molar-refractivity contribution in [2.24, 2.45) is 5.92 Å². The Morgan fingerprint density at radius 1 is 1.13 bits per heavy atom. The molecule has 31 heavy (non-hydrogen) atoms. The quantitative estimate of drug-likeness (QED) is 0.663. The topological polar surface area (TPSA) is 53.4 Å². The molecule has 1 aliphatic heterocycles. The smallest absolute Gasteiger partial charge is 0.157 e. The number of aliphatic hydroxyl groups is 1. The highest BCUT2D eigenvalue weighted by molar-refractivity contribution is 5.89. The summed E-state index contributed by atoms with van der Waals surface area (Å²) in [4.78, 5) is 19.7. The van der Waals surface area contributed by atoms with Crippen molar-refractivity contribution in [1.82, 2.24) is 9.88 Å². The van der Waals surface area contributed by atoms with Crippen molar-refractivity contribution in [3.63, 3.8) is 0 Å². The fraction of sp³-hybridized carbons (Fsp3) is 0.308. The second-order valence-electron chi connectivity index (χ2n) is 8.56. The average Bonchev–Trinajstić information content (AvgIpc) is 3.63. The lowest BCUT2D eigenvalue weighted by Crippen LogP contribution is -2.43. The summed E-state index contributed by atoms with van der Waals surface area (Å²) in [7, 11) is 0. The first-order valence-corrected chi connectivity index (χ1v) is 10.9. The molecule has 2 aromatic carbocycles. The molecule has 2 unspecified atom stereocenters. The first-order valence-electron chi connectivity index (χ1n) is 10.9. The second-order valence-corrected chi connectivity index (χ2v) is 8.56. The van der Waals surface area contributed by atoms with Crippen molar-refractivity contribution in [1.29, 1.82) is 0 Å². The molecule has 5 heteroatoms. The maximum atomic E-state index is 14.7. The van der Waals surface area contributed by atoms with Crippen LogP contribution in [0.1, 0.15) is 36.4 Å². The lowest BCUT2D eigenvalue weighted by atomic mass is 9.92. The van der Waals surface area contributed by atoms with Gasteiger partial charge in [0, 0.05) is 36.2 Å². The number of ketones is 1. The molecule has 1 aromatic heterocycles. The standard InChI is InChI=1S/C26H25FN2O2/c27-22-7-3-2-6-21(22)25(26(31)18-9-10-18)29-12-11-24(30)20(16-29)14-17-13-19-5-1-4-8-23(19)28-15-17/h1-8,13-15,18,24-25,30H,9-12,16H2/b20-14+. The van der Waals surface area contributed by atoms with E-state index < -0.39 is 12.1 Å². The molecule has 0 amide bonds. The molecule has 5 rings (SSSR count). The van der Waals surface area contributed by atoms with Crippen molar-refractivity contribution in [2.75, 3.05) is 13.1 Å². The number of rotatable bonds is 5. The predicted octanol–water partition coefficient (Wildman–Crippen LogP) is 4.54. The highest BCUT2D eigenvalue weighted by atomic mass is 19.1. The number of likely N-dealkylation sites (tertiary alicyclic amines) is 1. The van der Waals surface area contributed by atoms with Gasteiger partial charge >= 0.3 is 0 Å². The number of hydrogen-bond donors (Lipinski definition) is 1. The Labute approximate surface area is 181 Å². The number of aromatic nitrogens is 1. The van der Waals surface area contributed by atoms with Gasteiger partial charge in [0.25, 0.3) is 0 Å². The number of para-hydroxylation sites is 1. The minimum absolute atomic E-state index is 0.0218. The Hall–Kier alpha value is -2.89. The zero-order valence-electron chi connectivity index (χ0n) is 17.2. The molecule has 0 bridgehead atoms. The third-order valence-electron chi connectivity index (χ3n) is 6.28. The summed E-state index contributed by atoms with van der Waals surface area (Å²) in [5, 5.41) is 11.7. The highest BCUT2D eigenvalue weighted by Crippen LogP contribution is 2.39. The molecule has 1 N–H and O–H groups in total. The lowest BCUT2D eigenvalue weighted by molar-refractivity contribution is -0.126. The summed E-state index contributed by atoms with van der Waals surface area (Å²) < 4.78 is 14.7. The van der Waals surface area contributed by atoms with Crippen LogP contribution in [0.5, 0.6) is 0 Å². The summed E-state index contributed by atoms with van der Waals surface area (Å²) in [6, 6.07) is 15.9. The number of Topliss-reactive ketones (excluding diaryl/α,β-unsaturated/α-hetero) is 1. The van der Waals surface area contributed by atoms with Crippen LogP contribution in [0.3, 0.4) is 0 Å². The Kier molecular flexibility index (Phi) is 5.38. The number of aliphatic hydroxyl groups excluding tert-OH is 1. The molecule has 1 aliphatic carbocycles. The SMILES string of the molecule is O=C(C1CC1)C(c1ccccc1F)N1CCC(O)/C(=C/c2cnc3ccccc3c2)C1. The lowest BCUT2D eigenvalue weighted by Gasteiger charge is -2.37. The molecule has 4 nitrogen and oxygen atoms in total. The summed E-state index contributed by atoms with van der Waals surface area (Å²) in [5.41, 5.74) is 3.09. The van der Waals surface area contributed by atoms with Gasteiger partial charge in [0.2, 0.25) is 0 Å². The molecule has 1 saturated carbocycles. The summed E-state index contributed by atoms with van der Waals surface area (Å²) in [6.45, 7) is 0.970. The number of hydrogen-bond acceptors (Lipinski definition) is 4. The van der Waals surface area contributed by atoms with Gasteiger partial charge < -0.3 is 5.11 Å². The molecule has 158 valence electrons. The van der Waals surface area contributed by atoms with Gasteiger partial charge in [0.15, 0.2) is 5.78 Å². The number of carbonyl (C=O) groups is 1. The zero-order chi connectivity index (χ0) is 21.4. The maximum Gasteiger partial charge on any atom is 0.157 e. The second kappa shape index (κ2) is 8.33. The van der Waals surface area contributed by atoms with Crippen LogP contribution >= 0.6 is 0 Å².